The predicted octanol–water partition coefficient (Wildman–Crippen LogP) is 6.20. The normalized spacial score (nSPS) is 34.5. The van der Waals surface area contributed by atoms with Crippen LogP contribution in [0.3, 0.4) is 0 Å². The molecule has 16 atom stereocenters. The van der Waals surface area contributed by atoms with E-state index in [1.165, 1.54) is 12.0 Å². The molecule has 482 valence electrons. The summed E-state index contributed by atoms with van der Waals surface area (Å²) in [6.07, 6.45) is 8.46. The first-order valence-corrected chi connectivity index (χ1v) is 31.1. The molecule has 2 saturated heterocycles. The molecule has 4 rings (SSSR count). The number of nitrogens with zero attached hydrogens (tertiary/aromatic N) is 2. The Hall–Kier alpha value is -3.71. The van der Waals surface area contributed by atoms with Crippen molar-refractivity contribution in [3.05, 3.63) is 35.5 Å². The van der Waals surface area contributed by atoms with Gasteiger partial charge in [0, 0.05) is 71.6 Å². The maximum atomic E-state index is 14.5. The molecule has 3 heterocycles. The predicted molar refractivity (Wildman–Crippen MR) is 317 cm³/mol. The average molecular weight is 1190 g/mol. The molecule has 5 N–H and O–H groups in total. The van der Waals surface area contributed by atoms with Crippen LogP contribution in [0.15, 0.2) is 40.6 Å². The second kappa shape index (κ2) is 38.5. The number of Topliss-reactive ketones (excluding diaryl/α,β-unsaturated/α-hetero) is 1. The van der Waals surface area contributed by atoms with E-state index in [1.807, 2.05) is 32.9 Å². The molecule has 1 saturated carbocycles. The van der Waals surface area contributed by atoms with Crippen LogP contribution in [0.5, 0.6) is 0 Å². The Morgan fingerprint density at radius 3 is 2.13 bits per heavy atom. The number of oxime groups is 1. The van der Waals surface area contributed by atoms with Crippen LogP contribution >= 0.6 is 0 Å². The number of ether oxygens (including phenoxy) is 9. The van der Waals surface area contributed by atoms with Crippen molar-refractivity contribution < 1.29 is 87.1 Å². The minimum Gasteiger partial charge on any atom is -0.461 e. The molecule has 21 heteroatoms. The zero-order valence-electron chi connectivity index (χ0n) is 52.5. The van der Waals surface area contributed by atoms with E-state index in [4.69, 9.17) is 47.5 Å². The number of fused-ring (bicyclic) bond motifs is 3. The molecule has 3 aliphatic heterocycles. The van der Waals surface area contributed by atoms with E-state index in [9.17, 15) is 39.6 Å². The van der Waals surface area contributed by atoms with E-state index in [0.717, 1.165) is 18.4 Å². The quantitative estimate of drug-likeness (QED) is 0.0265. The highest BCUT2D eigenvalue weighted by Gasteiger charge is 2.53. The molecular formula is C63H107N3O18. The molecule has 2 amide bonds. The summed E-state index contributed by atoms with van der Waals surface area (Å²) >= 11 is 0. The smallest absolute Gasteiger partial charge is 0.329 e. The number of piperidine rings is 1. The zero-order valence-corrected chi connectivity index (χ0v) is 52.5. The SMILES string of the molecule is CCOCCOCCOCCOCCNC(=O)CO/N=C1\[C@H](C)C[C@H](C)C(C)CC=CC=C(C)[C@@H](OC)C[C@@H]2CC[C@@H](C)[C@@](O)(O2)C(=O)C(=O)N2CCCC[C@H]2C(=O)O[C@H](CC[C@@H]2CC[C@@H](O)[C@H](OC)C2)C[C@@H](O)[C@H](C)/C=C(\C)[C@@H](O)[C@H]1OC. The number of cyclic esters (lactones) is 1. The van der Waals surface area contributed by atoms with E-state index < -0.39 is 96.6 Å². The van der Waals surface area contributed by atoms with Crippen molar-refractivity contribution >= 4 is 29.3 Å². The highest BCUT2D eigenvalue weighted by Crippen LogP contribution is 2.38. The molecule has 4 aliphatic rings. The van der Waals surface area contributed by atoms with Crippen molar-refractivity contribution in [3.63, 3.8) is 0 Å². The second-order valence-electron chi connectivity index (χ2n) is 23.9. The van der Waals surface area contributed by atoms with Gasteiger partial charge in [0.25, 0.3) is 17.6 Å². The van der Waals surface area contributed by atoms with Crippen molar-refractivity contribution in [2.45, 2.75) is 206 Å². The fraction of sp³-hybridized carbons (Fsp3) is 0.825. The van der Waals surface area contributed by atoms with Crippen molar-refractivity contribution in [2.24, 2.45) is 40.7 Å². The molecule has 0 spiro atoms. The maximum absolute atomic E-state index is 14.5. The van der Waals surface area contributed by atoms with E-state index in [-0.39, 0.29) is 62.3 Å². The largest absolute Gasteiger partial charge is 0.461 e. The van der Waals surface area contributed by atoms with Crippen LogP contribution in [0.25, 0.3) is 0 Å². The molecule has 0 aromatic rings. The summed E-state index contributed by atoms with van der Waals surface area (Å²) in [6.45, 7) is 18.9. The number of ketones is 1. The third kappa shape index (κ3) is 23.4. The van der Waals surface area contributed by atoms with Crippen LogP contribution in [-0.2, 0) is 66.6 Å². The first kappa shape index (κ1) is 72.8. The Bertz CT molecular complexity index is 2090. The van der Waals surface area contributed by atoms with Gasteiger partial charge in [-0.15, -0.1) is 0 Å². The first-order chi connectivity index (χ1) is 40.2. The van der Waals surface area contributed by atoms with Crippen molar-refractivity contribution in [2.75, 3.05) is 93.9 Å². The van der Waals surface area contributed by atoms with Gasteiger partial charge in [0.2, 0.25) is 5.79 Å². The number of methoxy groups -OCH3 is 3. The van der Waals surface area contributed by atoms with Gasteiger partial charge in [0.05, 0.1) is 82.5 Å². The van der Waals surface area contributed by atoms with Gasteiger partial charge < -0.3 is 78.1 Å². The van der Waals surface area contributed by atoms with Gasteiger partial charge >= 0.3 is 5.97 Å². The minimum absolute atomic E-state index is 0.00410. The molecule has 2 bridgehead atoms. The van der Waals surface area contributed by atoms with E-state index in [1.54, 1.807) is 41.1 Å². The molecule has 1 aliphatic carbocycles. The fourth-order valence-corrected chi connectivity index (χ4v) is 11.7. The lowest BCUT2D eigenvalue weighted by Gasteiger charge is -2.42. The van der Waals surface area contributed by atoms with Crippen LogP contribution in [0.2, 0.25) is 0 Å². The number of aliphatic hydroxyl groups excluding tert-OH is 3. The Morgan fingerprint density at radius 2 is 1.46 bits per heavy atom. The van der Waals surface area contributed by atoms with Crippen molar-refractivity contribution in [3.8, 4) is 0 Å². The number of esters is 1. The molecule has 0 aromatic heterocycles. The average Bonchev–Trinajstić information content (AvgIpc) is 3.20. The molecule has 0 aromatic carbocycles. The summed E-state index contributed by atoms with van der Waals surface area (Å²) in [7, 11) is 4.64. The van der Waals surface area contributed by atoms with Crippen LogP contribution in [0, 0.1) is 35.5 Å². The Labute approximate surface area is 500 Å². The van der Waals surface area contributed by atoms with Crippen LogP contribution in [0.4, 0.5) is 0 Å². The summed E-state index contributed by atoms with van der Waals surface area (Å²) < 4.78 is 51.9. The molecule has 21 nitrogen and oxygen atoms in total. The Morgan fingerprint density at radius 1 is 0.774 bits per heavy atom. The maximum Gasteiger partial charge on any atom is 0.329 e. The minimum atomic E-state index is -2.43. The summed E-state index contributed by atoms with van der Waals surface area (Å²) in [6, 6.07) is -1.13. The Balaban J connectivity index is 1.61. The number of allylic oxidation sites excluding steroid dienone is 3. The summed E-state index contributed by atoms with van der Waals surface area (Å²) in [4.78, 5) is 63.1. The van der Waals surface area contributed by atoms with Gasteiger partial charge in [-0.1, -0.05) is 64.1 Å². The van der Waals surface area contributed by atoms with Gasteiger partial charge in [-0.25, -0.2) is 4.79 Å². The fourth-order valence-electron chi connectivity index (χ4n) is 11.7. The topological polar surface area (TPSA) is 269 Å². The number of amides is 2. The summed E-state index contributed by atoms with van der Waals surface area (Å²) in [5, 5.41) is 54.0. The molecular weight excluding hydrogens is 1090 g/mol. The lowest BCUT2D eigenvalue weighted by Crippen LogP contribution is -2.60. The lowest BCUT2D eigenvalue weighted by atomic mass is 9.81. The summed E-state index contributed by atoms with van der Waals surface area (Å²) in [5.74, 6) is -6.82. The third-order valence-electron chi connectivity index (χ3n) is 17.5. The van der Waals surface area contributed by atoms with E-state index in [2.05, 4.69) is 30.4 Å². The number of carbonyl (C=O) groups excluding carboxylic acids is 4. The molecule has 84 heavy (non-hydrogen) atoms. The summed E-state index contributed by atoms with van der Waals surface area (Å²) in [5.41, 5.74) is 1.77. The number of aliphatic hydroxyl groups is 4. The second-order valence-corrected chi connectivity index (χ2v) is 23.9. The van der Waals surface area contributed by atoms with E-state index in [0.29, 0.717) is 122 Å². The van der Waals surface area contributed by atoms with Gasteiger partial charge in [-0.2, -0.15) is 0 Å². The van der Waals surface area contributed by atoms with Gasteiger partial charge in [0.15, 0.2) is 6.61 Å². The van der Waals surface area contributed by atoms with Crippen LogP contribution < -0.4 is 5.32 Å². The van der Waals surface area contributed by atoms with Crippen molar-refractivity contribution in [1.82, 2.24) is 10.2 Å². The van der Waals surface area contributed by atoms with Crippen molar-refractivity contribution in [1.29, 1.82) is 0 Å². The third-order valence-corrected chi connectivity index (χ3v) is 17.5. The van der Waals surface area contributed by atoms with Gasteiger partial charge in [-0.05, 0) is 127 Å². The number of hydrogen-bond acceptors (Lipinski definition) is 19. The molecule has 0 radical (unpaired) electrons. The number of carbonyl (C=O) groups is 4. The number of nitrogens with one attached hydrogen (secondary N) is 1. The van der Waals surface area contributed by atoms with Crippen LogP contribution in [0.1, 0.15) is 145 Å². The number of hydrogen-bond donors (Lipinski definition) is 5. The van der Waals surface area contributed by atoms with E-state index >= 15 is 0 Å². The number of rotatable bonds is 22. The van der Waals surface area contributed by atoms with Crippen LogP contribution in [-0.4, -0.2) is 209 Å². The lowest BCUT2D eigenvalue weighted by molar-refractivity contribution is -0.265. The highest BCUT2D eigenvalue weighted by atomic mass is 16.6. The van der Waals surface area contributed by atoms with Gasteiger partial charge in [-0.3, -0.25) is 14.4 Å². The standard InChI is InChI=1S/C63H107N3O18/c1-12-78-29-30-80-33-34-81-32-31-79-28-26-64-56(69)40-82-65-57-45(6)35-43(4)41(2)17-13-14-18-42(3)54(75-9)39-50-23-20-47(8)63(74,84-50)60(71)61(72)66-27-16-15-19-51(66)62(73)83-49(24-21-48-22-25-52(67)55(37-48)76-10)38-53(68)44(5)36-46(7)58(70)59(57)77-11/h13-14,18,36,41,43-45,47-55,58-59,67-68,70,74H,12,15-17,19-35,37-40H2,1-11H3,(H,64,69)/b14-13?,42-18?,46-36+,65-57+/t41?,43-,44+,45+,47+,48+,49+,50-,51-,52+,53+,54-,55+,58+,59-,63+/m0/s1. The monoisotopic (exact) mass is 1190 g/mol. The molecule has 3 fully saturated rings. The first-order valence-electron chi connectivity index (χ1n) is 31.1. The Kier molecular flexibility index (Phi) is 33.4. The van der Waals surface area contributed by atoms with Gasteiger partial charge in [0.1, 0.15) is 24.4 Å². The zero-order chi connectivity index (χ0) is 61.8. The highest BCUT2D eigenvalue weighted by molar-refractivity contribution is 6.39. The molecule has 1 unspecified atom stereocenters.